The van der Waals surface area contributed by atoms with Crippen LogP contribution in [0.25, 0.3) is 0 Å². The molecule has 0 spiro atoms. The molecule has 33 heavy (non-hydrogen) atoms. The molecule has 3 amide bonds. The Morgan fingerprint density at radius 3 is 2.21 bits per heavy atom. The summed E-state index contributed by atoms with van der Waals surface area (Å²) in [4.78, 5) is 27.8. The molecule has 6 heteroatoms. The standard InChI is InChI=1S/C27H30N4O2/c1-20-9-7-13-23(17-20)29-27(33)30-24-14-8-10-21(18-24)19-28-26(32)25(31-15-5-6-16-31)22-11-3-2-4-12-22/h2-4,7-14,17-18,25H,5-6,15-16,19H2,1H3,(H,28,32)(H2,29,30,33). The third kappa shape index (κ3) is 6.20. The first kappa shape index (κ1) is 22.6. The lowest BCUT2D eigenvalue weighted by Crippen LogP contribution is -2.39. The minimum absolute atomic E-state index is 0.00125. The highest BCUT2D eigenvalue weighted by molar-refractivity contribution is 5.99. The van der Waals surface area contributed by atoms with E-state index in [-0.39, 0.29) is 18.0 Å². The average molecular weight is 443 g/mol. The van der Waals surface area contributed by atoms with Gasteiger partial charge in [-0.25, -0.2) is 4.79 Å². The van der Waals surface area contributed by atoms with E-state index in [0.717, 1.165) is 48.3 Å². The van der Waals surface area contributed by atoms with Gasteiger partial charge in [0.25, 0.3) is 0 Å². The first-order valence-electron chi connectivity index (χ1n) is 11.4. The van der Waals surface area contributed by atoms with Crippen molar-refractivity contribution in [1.82, 2.24) is 10.2 Å². The molecule has 6 nitrogen and oxygen atoms in total. The van der Waals surface area contributed by atoms with E-state index >= 15 is 0 Å². The van der Waals surface area contributed by atoms with Gasteiger partial charge in [0.15, 0.2) is 0 Å². The van der Waals surface area contributed by atoms with Crippen LogP contribution in [0.15, 0.2) is 78.9 Å². The maximum absolute atomic E-state index is 13.2. The van der Waals surface area contributed by atoms with Crippen molar-refractivity contribution in [2.24, 2.45) is 0 Å². The van der Waals surface area contributed by atoms with Crippen molar-refractivity contribution in [2.75, 3.05) is 23.7 Å². The summed E-state index contributed by atoms with van der Waals surface area (Å²) in [5, 5.41) is 8.79. The number of nitrogens with one attached hydrogen (secondary N) is 3. The highest BCUT2D eigenvalue weighted by atomic mass is 16.2. The minimum Gasteiger partial charge on any atom is -0.350 e. The van der Waals surface area contributed by atoms with Crippen molar-refractivity contribution in [3.05, 3.63) is 95.6 Å². The molecule has 1 unspecified atom stereocenters. The third-order valence-corrected chi connectivity index (χ3v) is 5.80. The van der Waals surface area contributed by atoms with Crippen molar-refractivity contribution in [3.8, 4) is 0 Å². The third-order valence-electron chi connectivity index (χ3n) is 5.80. The Morgan fingerprint density at radius 2 is 1.52 bits per heavy atom. The Balaban J connectivity index is 1.37. The second-order valence-corrected chi connectivity index (χ2v) is 8.42. The van der Waals surface area contributed by atoms with Gasteiger partial charge in [0.2, 0.25) is 5.91 Å². The van der Waals surface area contributed by atoms with Gasteiger partial charge in [0.1, 0.15) is 6.04 Å². The molecule has 1 aliphatic heterocycles. The quantitative estimate of drug-likeness (QED) is 0.477. The number of nitrogens with zero attached hydrogens (tertiary/aromatic N) is 1. The Bertz CT molecular complexity index is 1090. The van der Waals surface area contributed by atoms with Crippen molar-refractivity contribution in [3.63, 3.8) is 0 Å². The topological polar surface area (TPSA) is 73.5 Å². The summed E-state index contributed by atoms with van der Waals surface area (Å²) in [6.07, 6.45) is 2.24. The predicted octanol–water partition coefficient (Wildman–Crippen LogP) is 5.09. The lowest BCUT2D eigenvalue weighted by molar-refractivity contribution is -0.126. The van der Waals surface area contributed by atoms with E-state index < -0.39 is 0 Å². The van der Waals surface area contributed by atoms with Crippen molar-refractivity contribution in [2.45, 2.75) is 32.4 Å². The summed E-state index contributed by atoms with van der Waals surface area (Å²) < 4.78 is 0. The number of aryl methyl sites for hydroxylation is 1. The minimum atomic E-state index is -0.306. The van der Waals surface area contributed by atoms with E-state index in [1.165, 1.54) is 0 Å². The van der Waals surface area contributed by atoms with Gasteiger partial charge in [-0.15, -0.1) is 0 Å². The van der Waals surface area contributed by atoms with Crippen LogP contribution in [0.1, 0.15) is 35.6 Å². The summed E-state index contributed by atoms with van der Waals surface area (Å²) >= 11 is 0. The molecule has 0 saturated carbocycles. The molecule has 1 atom stereocenters. The van der Waals surface area contributed by atoms with E-state index in [1.54, 1.807) is 0 Å². The molecular weight excluding hydrogens is 412 g/mol. The van der Waals surface area contributed by atoms with Crippen molar-refractivity contribution in [1.29, 1.82) is 0 Å². The van der Waals surface area contributed by atoms with E-state index in [4.69, 9.17) is 0 Å². The summed E-state index contributed by atoms with van der Waals surface area (Å²) in [6, 6.07) is 24.5. The Hall–Kier alpha value is -3.64. The number of likely N-dealkylation sites (tertiary alicyclic amines) is 1. The molecule has 1 fully saturated rings. The van der Waals surface area contributed by atoms with Crippen LogP contribution >= 0.6 is 0 Å². The van der Waals surface area contributed by atoms with Gasteiger partial charge < -0.3 is 16.0 Å². The zero-order valence-corrected chi connectivity index (χ0v) is 18.9. The van der Waals surface area contributed by atoms with Gasteiger partial charge in [0, 0.05) is 17.9 Å². The zero-order chi connectivity index (χ0) is 23.0. The summed E-state index contributed by atoms with van der Waals surface area (Å²) in [5.74, 6) is -0.00125. The average Bonchev–Trinajstić information content (AvgIpc) is 3.33. The molecule has 3 aromatic carbocycles. The zero-order valence-electron chi connectivity index (χ0n) is 18.9. The van der Waals surface area contributed by atoms with Crippen LogP contribution in [0.2, 0.25) is 0 Å². The predicted molar refractivity (Wildman–Crippen MR) is 132 cm³/mol. The molecule has 3 N–H and O–H groups in total. The van der Waals surface area contributed by atoms with E-state index in [9.17, 15) is 9.59 Å². The first-order valence-corrected chi connectivity index (χ1v) is 11.4. The van der Waals surface area contributed by atoms with Gasteiger partial charge >= 0.3 is 6.03 Å². The number of carbonyl (C=O) groups is 2. The van der Waals surface area contributed by atoms with Gasteiger partial charge in [-0.2, -0.15) is 0 Å². The number of rotatable bonds is 7. The number of amides is 3. The number of hydrogen-bond donors (Lipinski definition) is 3. The SMILES string of the molecule is Cc1cccc(NC(=O)Nc2cccc(CNC(=O)C(c3ccccc3)N3CCCC3)c2)c1. The number of benzene rings is 3. The van der Waals surface area contributed by atoms with Gasteiger partial charge in [-0.3, -0.25) is 9.69 Å². The molecule has 0 bridgehead atoms. The number of anilines is 2. The fraction of sp³-hybridized carbons (Fsp3) is 0.259. The van der Waals surface area contributed by atoms with Gasteiger partial charge in [-0.05, 0) is 73.8 Å². The lowest BCUT2D eigenvalue weighted by atomic mass is 10.0. The number of hydrogen-bond acceptors (Lipinski definition) is 3. The number of carbonyl (C=O) groups excluding carboxylic acids is 2. The lowest BCUT2D eigenvalue weighted by Gasteiger charge is -2.27. The first-order chi connectivity index (χ1) is 16.1. The summed E-state index contributed by atoms with van der Waals surface area (Å²) in [5.41, 5.74) is 4.43. The van der Waals surface area contributed by atoms with Crippen LogP contribution in [0.5, 0.6) is 0 Å². The monoisotopic (exact) mass is 442 g/mol. The highest BCUT2D eigenvalue weighted by Crippen LogP contribution is 2.25. The van der Waals surface area contributed by atoms with Crippen LogP contribution in [-0.2, 0) is 11.3 Å². The molecule has 1 heterocycles. The summed E-state index contributed by atoms with van der Waals surface area (Å²) in [7, 11) is 0. The maximum Gasteiger partial charge on any atom is 0.323 e. The molecule has 1 aliphatic rings. The van der Waals surface area contributed by atoms with Crippen LogP contribution in [0.4, 0.5) is 16.2 Å². The second kappa shape index (κ2) is 10.8. The molecule has 170 valence electrons. The molecule has 3 aromatic rings. The van der Waals surface area contributed by atoms with Gasteiger partial charge in [-0.1, -0.05) is 54.6 Å². The van der Waals surface area contributed by atoms with Crippen LogP contribution < -0.4 is 16.0 Å². The highest BCUT2D eigenvalue weighted by Gasteiger charge is 2.29. The second-order valence-electron chi connectivity index (χ2n) is 8.42. The van der Waals surface area contributed by atoms with Crippen molar-refractivity contribution < 1.29 is 9.59 Å². The normalized spacial score (nSPS) is 14.5. The Morgan fingerprint density at radius 1 is 0.848 bits per heavy atom. The fourth-order valence-electron chi connectivity index (χ4n) is 4.22. The maximum atomic E-state index is 13.2. The Kier molecular flexibility index (Phi) is 7.37. The van der Waals surface area contributed by atoms with Crippen LogP contribution in [0.3, 0.4) is 0 Å². The fourth-order valence-corrected chi connectivity index (χ4v) is 4.22. The van der Waals surface area contributed by atoms with E-state index in [2.05, 4.69) is 20.9 Å². The molecule has 0 aromatic heterocycles. The van der Waals surface area contributed by atoms with E-state index in [1.807, 2.05) is 85.8 Å². The van der Waals surface area contributed by atoms with Crippen molar-refractivity contribution >= 4 is 23.3 Å². The van der Waals surface area contributed by atoms with E-state index in [0.29, 0.717) is 12.2 Å². The molecule has 1 saturated heterocycles. The summed E-state index contributed by atoms with van der Waals surface area (Å²) in [6.45, 7) is 4.24. The molecular formula is C27H30N4O2. The van der Waals surface area contributed by atoms with Crippen LogP contribution in [-0.4, -0.2) is 29.9 Å². The number of urea groups is 1. The largest absolute Gasteiger partial charge is 0.350 e. The Labute approximate surface area is 195 Å². The van der Waals surface area contributed by atoms with Crippen LogP contribution in [0, 0.1) is 6.92 Å². The van der Waals surface area contributed by atoms with Gasteiger partial charge in [0.05, 0.1) is 0 Å². The molecule has 0 radical (unpaired) electrons. The smallest absolute Gasteiger partial charge is 0.323 e. The molecule has 0 aliphatic carbocycles. The molecule has 4 rings (SSSR count).